The van der Waals surface area contributed by atoms with Crippen LogP contribution in [0.5, 0.6) is 0 Å². The van der Waals surface area contributed by atoms with Crippen molar-refractivity contribution in [3.05, 3.63) is 39.9 Å². The molecule has 0 aliphatic carbocycles. The van der Waals surface area contributed by atoms with Gasteiger partial charge < -0.3 is 0 Å². The van der Waals surface area contributed by atoms with E-state index >= 15 is 0 Å². The first kappa shape index (κ1) is 12.3. The molecule has 1 aromatic rings. The van der Waals surface area contributed by atoms with Crippen molar-refractivity contribution in [2.45, 2.75) is 26.2 Å². The Labute approximate surface area is 93.6 Å². The predicted molar refractivity (Wildman–Crippen MR) is 59.8 cm³/mol. The van der Waals surface area contributed by atoms with Crippen molar-refractivity contribution in [1.82, 2.24) is 0 Å². The summed E-state index contributed by atoms with van der Waals surface area (Å²) in [7, 11) is 0. The van der Waals surface area contributed by atoms with Crippen LogP contribution in [0.4, 0.5) is 5.69 Å². The minimum Gasteiger partial charge on any atom is -0.223 e. The molecule has 6 nitrogen and oxygen atoms in total. The second-order valence-corrected chi connectivity index (χ2v) is 3.40. The molecule has 2 N–H and O–H groups in total. The zero-order valence-corrected chi connectivity index (χ0v) is 9.13. The van der Waals surface area contributed by atoms with Crippen LogP contribution in [-0.2, 0) is 11.4 Å². The van der Waals surface area contributed by atoms with Gasteiger partial charge in [0.25, 0.3) is 0 Å². The van der Waals surface area contributed by atoms with Crippen molar-refractivity contribution >= 4 is 5.69 Å². The van der Waals surface area contributed by atoms with Crippen LogP contribution < -0.4 is 11.0 Å². The van der Waals surface area contributed by atoms with Crippen molar-refractivity contribution in [3.8, 4) is 0 Å². The zero-order chi connectivity index (χ0) is 12.0. The summed E-state index contributed by atoms with van der Waals surface area (Å²) in [6, 6.07) is 7.14. The maximum atomic E-state index is 10.1. The van der Waals surface area contributed by atoms with E-state index in [-0.39, 0.29) is 0 Å². The number of hydrogen-bond donors (Lipinski definition) is 1. The van der Waals surface area contributed by atoms with Gasteiger partial charge in [-0.15, -0.1) is 15.3 Å². The van der Waals surface area contributed by atoms with Crippen LogP contribution in [0.3, 0.4) is 0 Å². The lowest BCUT2D eigenvalue weighted by Gasteiger charge is -2.14. The second kappa shape index (κ2) is 5.92. The Morgan fingerprint density at radius 2 is 2.06 bits per heavy atom. The highest BCUT2D eigenvalue weighted by atomic mass is 17.0. The quantitative estimate of drug-likeness (QED) is 0.453. The molecule has 0 aliphatic heterocycles. The summed E-state index contributed by atoms with van der Waals surface area (Å²) in [5.41, 5.74) is 1.62. The number of nitrogens with zero attached hydrogens (tertiary/aromatic N) is 2. The van der Waals surface area contributed by atoms with Gasteiger partial charge in [0.1, 0.15) is 0 Å². The van der Waals surface area contributed by atoms with Crippen LogP contribution in [0.25, 0.3) is 0 Å². The third-order valence-electron chi connectivity index (χ3n) is 2.16. The van der Waals surface area contributed by atoms with E-state index in [4.69, 9.17) is 5.84 Å². The Kier molecular flexibility index (Phi) is 4.53. The van der Waals surface area contributed by atoms with Gasteiger partial charge in [-0.3, -0.25) is 0 Å². The molecule has 0 amide bonds. The van der Waals surface area contributed by atoms with Crippen LogP contribution in [-0.4, -0.2) is 5.09 Å². The maximum absolute atomic E-state index is 10.1. The van der Waals surface area contributed by atoms with Crippen LogP contribution in [0, 0.1) is 10.1 Å². The summed E-state index contributed by atoms with van der Waals surface area (Å²) in [6.45, 7) is 2.13. The molecule has 88 valence electrons. The first-order valence-electron chi connectivity index (χ1n) is 5.09. The third-order valence-corrected chi connectivity index (χ3v) is 2.16. The van der Waals surface area contributed by atoms with Crippen LogP contribution in [0.1, 0.15) is 25.3 Å². The molecule has 0 atom stereocenters. The van der Waals surface area contributed by atoms with Gasteiger partial charge in [0, 0.05) is 0 Å². The van der Waals surface area contributed by atoms with Crippen LogP contribution in [0.2, 0.25) is 0 Å². The van der Waals surface area contributed by atoms with E-state index in [1.807, 2.05) is 12.1 Å². The van der Waals surface area contributed by atoms with E-state index in [1.165, 1.54) is 5.56 Å². The van der Waals surface area contributed by atoms with E-state index in [0.717, 1.165) is 19.3 Å². The predicted octanol–water partition coefficient (Wildman–Crippen LogP) is 1.83. The molecular weight excluding hydrogens is 210 g/mol. The summed E-state index contributed by atoms with van der Waals surface area (Å²) in [4.78, 5) is 14.1. The number of hydrogen-bond acceptors (Lipinski definition) is 5. The Balaban J connectivity index is 2.59. The van der Waals surface area contributed by atoms with Crippen LogP contribution in [0.15, 0.2) is 24.3 Å². The second-order valence-electron chi connectivity index (χ2n) is 3.40. The van der Waals surface area contributed by atoms with Crippen molar-refractivity contribution in [3.63, 3.8) is 0 Å². The molecule has 1 rings (SSSR count). The number of rotatable bonds is 6. The summed E-state index contributed by atoms with van der Waals surface area (Å²) < 4.78 is 0. The molecule has 1 aromatic carbocycles. The minimum atomic E-state index is -0.953. The van der Waals surface area contributed by atoms with Gasteiger partial charge in [-0.25, -0.2) is 5.84 Å². The van der Waals surface area contributed by atoms with Gasteiger partial charge in [-0.2, -0.15) is 4.94 Å². The van der Waals surface area contributed by atoms with Gasteiger partial charge in [0.05, 0.1) is 5.69 Å². The highest BCUT2D eigenvalue weighted by Gasteiger charge is 2.05. The lowest BCUT2D eigenvalue weighted by atomic mass is 10.1. The largest absolute Gasteiger partial charge is 0.318 e. The number of nitrogens with two attached hydrogens (primary N) is 1. The summed E-state index contributed by atoms with van der Waals surface area (Å²) in [6.07, 6.45) is 3.25. The average molecular weight is 225 g/mol. The number of anilines is 1. The molecule has 0 saturated heterocycles. The smallest absolute Gasteiger partial charge is 0.223 e. The molecule has 0 saturated carbocycles. The Morgan fingerprint density at radius 1 is 1.44 bits per heavy atom. The Hall–Kier alpha value is -1.82. The standard InChI is InChI=1S/C10H15N3O3/c1-2-3-4-9-5-7-10(8-6-9)12(11)16-13(14)15/h5-8H,2-4,11H2,1H3. The van der Waals surface area contributed by atoms with E-state index in [9.17, 15) is 10.1 Å². The fourth-order valence-corrected chi connectivity index (χ4v) is 1.31. The normalized spacial score (nSPS) is 9.88. The molecule has 0 fully saturated rings. The zero-order valence-electron chi connectivity index (χ0n) is 9.13. The van der Waals surface area contributed by atoms with E-state index in [1.54, 1.807) is 12.1 Å². The fourth-order valence-electron chi connectivity index (χ4n) is 1.31. The van der Waals surface area contributed by atoms with Gasteiger partial charge in [-0.05, 0) is 30.5 Å². The lowest BCUT2D eigenvalue weighted by Crippen LogP contribution is -2.33. The first-order chi connectivity index (χ1) is 7.63. The topological polar surface area (TPSA) is 81.6 Å². The van der Waals surface area contributed by atoms with E-state index in [2.05, 4.69) is 11.9 Å². The lowest BCUT2D eigenvalue weighted by molar-refractivity contribution is -0.762. The highest BCUT2D eigenvalue weighted by molar-refractivity contribution is 5.43. The molecule has 0 bridgehead atoms. The number of hydrazine groups is 1. The molecule has 0 radical (unpaired) electrons. The molecular formula is C10H15N3O3. The Bertz CT molecular complexity index is 340. The van der Waals surface area contributed by atoms with Crippen molar-refractivity contribution in [2.75, 3.05) is 5.17 Å². The molecule has 0 aliphatic rings. The highest BCUT2D eigenvalue weighted by Crippen LogP contribution is 2.14. The van der Waals surface area contributed by atoms with Crippen LogP contribution >= 0.6 is 0 Å². The van der Waals surface area contributed by atoms with Crippen molar-refractivity contribution < 1.29 is 10.0 Å². The number of benzene rings is 1. The molecule has 0 heterocycles. The van der Waals surface area contributed by atoms with Gasteiger partial charge >= 0.3 is 5.09 Å². The average Bonchev–Trinajstić information content (AvgIpc) is 2.26. The fraction of sp³-hybridized carbons (Fsp3) is 0.400. The molecule has 0 aromatic heterocycles. The van der Waals surface area contributed by atoms with Gasteiger partial charge in [0.15, 0.2) is 0 Å². The van der Waals surface area contributed by atoms with Crippen molar-refractivity contribution in [2.24, 2.45) is 5.84 Å². The van der Waals surface area contributed by atoms with Crippen molar-refractivity contribution in [1.29, 1.82) is 0 Å². The minimum absolute atomic E-state index is 0.442. The summed E-state index contributed by atoms with van der Waals surface area (Å²) >= 11 is 0. The first-order valence-corrected chi connectivity index (χ1v) is 5.09. The molecule has 6 heteroatoms. The number of unbranched alkanes of at least 4 members (excludes halogenated alkanes) is 1. The van der Waals surface area contributed by atoms with E-state index in [0.29, 0.717) is 10.9 Å². The molecule has 0 unspecified atom stereocenters. The summed E-state index contributed by atoms with van der Waals surface area (Å²) in [5.74, 6) is 5.32. The van der Waals surface area contributed by atoms with Gasteiger partial charge in [0.2, 0.25) is 0 Å². The van der Waals surface area contributed by atoms with Gasteiger partial charge in [-0.1, -0.05) is 25.5 Å². The monoisotopic (exact) mass is 225 g/mol. The summed E-state index contributed by atoms with van der Waals surface area (Å²) in [5, 5.41) is 9.73. The number of aryl methyl sites for hydroxylation is 1. The SMILES string of the molecule is CCCCc1ccc(N(N)O[N+](=O)[O-])cc1. The maximum Gasteiger partial charge on any atom is 0.318 e. The molecule has 0 spiro atoms. The Morgan fingerprint density at radius 3 is 2.56 bits per heavy atom. The third kappa shape index (κ3) is 3.74. The molecule has 16 heavy (non-hydrogen) atoms. The van der Waals surface area contributed by atoms with E-state index < -0.39 is 5.09 Å².